The zero-order valence-electron chi connectivity index (χ0n) is 6.88. The number of Topliss-reactive ketones (excluding diaryl/α,β-unsaturated/α-hetero) is 1. The van der Waals surface area contributed by atoms with Crippen molar-refractivity contribution in [2.24, 2.45) is 11.8 Å². The minimum absolute atomic E-state index is 0.227. The first kappa shape index (κ1) is 8.44. The van der Waals surface area contributed by atoms with Crippen LogP contribution in [-0.2, 0) is 9.59 Å². The molecule has 62 valence electrons. The molecule has 11 heavy (non-hydrogen) atoms. The molecular weight excluding hydrogens is 140 g/mol. The number of ketones is 1. The Morgan fingerprint density at radius 2 is 1.82 bits per heavy atom. The molecule has 0 aromatic heterocycles. The SMILES string of the molecule is CC(=O)C1CCC(C=O)CC1. The predicted molar refractivity (Wildman–Crippen MR) is 42.2 cm³/mol. The predicted octanol–water partition coefficient (Wildman–Crippen LogP) is 1.58. The lowest BCUT2D eigenvalue weighted by Gasteiger charge is -2.22. The van der Waals surface area contributed by atoms with Crippen molar-refractivity contribution in [3.63, 3.8) is 0 Å². The lowest BCUT2D eigenvalue weighted by Crippen LogP contribution is -2.20. The van der Waals surface area contributed by atoms with Crippen LogP contribution >= 0.6 is 0 Å². The summed E-state index contributed by atoms with van der Waals surface area (Å²) in [5.41, 5.74) is 0. The van der Waals surface area contributed by atoms with E-state index in [1.807, 2.05) is 0 Å². The van der Waals surface area contributed by atoms with Crippen LogP contribution < -0.4 is 0 Å². The molecule has 0 amide bonds. The second-order valence-electron chi connectivity index (χ2n) is 3.36. The van der Waals surface area contributed by atoms with Crippen LogP contribution in [-0.4, -0.2) is 12.1 Å². The molecule has 0 saturated heterocycles. The van der Waals surface area contributed by atoms with E-state index in [0.29, 0.717) is 0 Å². The maximum Gasteiger partial charge on any atom is 0.132 e. The van der Waals surface area contributed by atoms with Crippen molar-refractivity contribution in [2.45, 2.75) is 32.6 Å². The fourth-order valence-electron chi connectivity index (χ4n) is 1.66. The van der Waals surface area contributed by atoms with Gasteiger partial charge in [0, 0.05) is 11.8 Å². The van der Waals surface area contributed by atoms with Crippen molar-refractivity contribution < 1.29 is 9.59 Å². The first-order valence-corrected chi connectivity index (χ1v) is 4.19. The molecule has 0 unspecified atom stereocenters. The highest BCUT2D eigenvalue weighted by molar-refractivity contribution is 5.78. The van der Waals surface area contributed by atoms with E-state index in [-0.39, 0.29) is 17.6 Å². The molecule has 0 aromatic carbocycles. The largest absolute Gasteiger partial charge is 0.303 e. The standard InChI is InChI=1S/C9H14O2/c1-7(11)9-4-2-8(6-10)3-5-9/h6,8-9H,2-5H2,1H3. The quantitative estimate of drug-likeness (QED) is 0.566. The van der Waals surface area contributed by atoms with E-state index < -0.39 is 0 Å². The molecule has 0 aromatic rings. The van der Waals surface area contributed by atoms with E-state index in [1.165, 1.54) is 0 Å². The molecule has 1 aliphatic carbocycles. The van der Waals surface area contributed by atoms with Crippen LogP contribution in [0.15, 0.2) is 0 Å². The Bertz CT molecular complexity index is 155. The summed E-state index contributed by atoms with van der Waals surface area (Å²) in [7, 11) is 0. The number of hydrogen-bond donors (Lipinski definition) is 0. The maximum atomic E-state index is 10.9. The third-order valence-electron chi connectivity index (χ3n) is 2.54. The average molecular weight is 154 g/mol. The number of carbonyl (C=O) groups excluding carboxylic acids is 2. The Balaban J connectivity index is 2.35. The zero-order chi connectivity index (χ0) is 8.27. The molecule has 2 heteroatoms. The topological polar surface area (TPSA) is 34.1 Å². The average Bonchev–Trinajstić information content (AvgIpc) is 2.05. The van der Waals surface area contributed by atoms with Crippen LogP contribution in [0, 0.1) is 11.8 Å². The van der Waals surface area contributed by atoms with Crippen molar-refractivity contribution in [3.05, 3.63) is 0 Å². The van der Waals surface area contributed by atoms with Crippen LogP contribution in [0.2, 0.25) is 0 Å². The second-order valence-corrected chi connectivity index (χ2v) is 3.36. The summed E-state index contributed by atoms with van der Waals surface area (Å²) in [6.45, 7) is 1.64. The minimum Gasteiger partial charge on any atom is -0.303 e. The van der Waals surface area contributed by atoms with Gasteiger partial charge in [0.1, 0.15) is 12.1 Å². The summed E-state index contributed by atoms with van der Waals surface area (Å²) >= 11 is 0. The molecule has 0 spiro atoms. The van der Waals surface area contributed by atoms with Crippen LogP contribution in [0.1, 0.15) is 32.6 Å². The molecule has 1 saturated carbocycles. The van der Waals surface area contributed by atoms with Gasteiger partial charge in [0.15, 0.2) is 0 Å². The first-order valence-electron chi connectivity index (χ1n) is 4.19. The Labute approximate surface area is 67.0 Å². The summed E-state index contributed by atoms with van der Waals surface area (Å²) in [6, 6.07) is 0. The molecule has 1 fully saturated rings. The Morgan fingerprint density at radius 1 is 1.27 bits per heavy atom. The van der Waals surface area contributed by atoms with E-state index in [1.54, 1.807) is 6.92 Å². The molecule has 1 aliphatic rings. The van der Waals surface area contributed by atoms with Crippen molar-refractivity contribution in [3.8, 4) is 0 Å². The van der Waals surface area contributed by atoms with Crippen LogP contribution in [0.5, 0.6) is 0 Å². The molecule has 0 bridgehead atoms. The summed E-state index contributed by atoms with van der Waals surface area (Å²) in [6.07, 6.45) is 4.68. The van der Waals surface area contributed by atoms with E-state index >= 15 is 0 Å². The van der Waals surface area contributed by atoms with Gasteiger partial charge in [-0.05, 0) is 32.6 Å². The number of rotatable bonds is 2. The lowest BCUT2D eigenvalue weighted by molar-refractivity contribution is -0.123. The van der Waals surface area contributed by atoms with Crippen molar-refractivity contribution in [1.29, 1.82) is 0 Å². The smallest absolute Gasteiger partial charge is 0.132 e. The van der Waals surface area contributed by atoms with E-state index in [4.69, 9.17) is 0 Å². The number of hydrogen-bond acceptors (Lipinski definition) is 2. The van der Waals surface area contributed by atoms with Gasteiger partial charge in [0.05, 0.1) is 0 Å². The lowest BCUT2D eigenvalue weighted by atomic mass is 9.81. The van der Waals surface area contributed by atoms with Crippen LogP contribution in [0.3, 0.4) is 0 Å². The van der Waals surface area contributed by atoms with Gasteiger partial charge in [-0.1, -0.05) is 0 Å². The Morgan fingerprint density at radius 3 is 2.18 bits per heavy atom. The van der Waals surface area contributed by atoms with Gasteiger partial charge in [-0.25, -0.2) is 0 Å². The van der Waals surface area contributed by atoms with Crippen molar-refractivity contribution in [1.82, 2.24) is 0 Å². The third-order valence-corrected chi connectivity index (χ3v) is 2.54. The number of carbonyl (C=O) groups is 2. The van der Waals surface area contributed by atoms with Crippen molar-refractivity contribution >= 4 is 12.1 Å². The van der Waals surface area contributed by atoms with E-state index in [2.05, 4.69) is 0 Å². The van der Waals surface area contributed by atoms with Gasteiger partial charge < -0.3 is 4.79 Å². The number of aldehydes is 1. The molecule has 0 heterocycles. The monoisotopic (exact) mass is 154 g/mol. The van der Waals surface area contributed by atoms with Crippen molar-refractivity contribution in [2.75, 3.05) is 0 Å². The summed E-state index contributed by atoms with van der Waals surface area (Å²) in [4.78, 5) is 21.3. The van der Waals surface area contributed by atoms with E-state index in [9.17, 15) is 9.59 Å². The van der Waals surface area contributed by atoms with Gasteiger partial charge in [-0.3, -0.25) is 4.79 Å². The van der Waals surface area contributed by atoms with Gasteiger partial charge in [0.2, 0.25) is 0 Å². The highest BCUT2D eigenvalue weighted by atomic mass is 16.1. The van der Waals surface area contributed by atoms with Gasteiger partial charge in [0.25, 0.3) is 0 Å². The highest BCUT2D eigenvalue weighted by Gasteiger charge is 2.23. The molecule has 1 rings (SSSR count). The molecule has 0 atom stereocenters. The van der Waals surface area contributed by atoms with Gasteiger partial charge in [-0.2, -0.15) is 0 Å². The molecule has 0 radical (unpaired) electrons. The zero-order valence-corrected chi connectivity index (χ0v) is 6.88. The van der Waals surface area contributed by atoms with Crippen LogP contribution in [0.4, 0.5) is 0 Å². The molecular formula is C9H14O2. The first-order chi connectivity index (χ1) is 5.24. The fourth-order valence-corrected chi connectivity index (χ4v) is 1.66. The molecule has 0 N–H and O–H groups in total. The van der Waals surface area contributed by atoms with Gasteiger partial charge in [-0.15, -0.1) is 0 Å². The minimum atomic E-state index is 0.227. The summed E-state index contributed by atoms with van der Waals surface area (Å²) in [5, 5.41) is 0. The van der Waals surface area contributed by atoms with Crippen LogP contribution in [0.25, 0.3) is 0 Å². The van der Waals surface area contributed by atoms with E-state index in [0.717, 1.165) is 32.0 Å². The third kappa shape index (κ3) is 2.14. The Hall–Kier alpha value is -0.660. The summed E-state index contributed by atoms with van der Waals surface area (Å²) in [5.74, 6) is 0.756. The van der Waals surface area contributed by atoms with Gasteiger partial charge >= 0.3 is 0 Å². The molecule has 2 nitrogen and oxygen atoms in total. The molecule has 0 aliphatic heterocycles. The fraction of sp³-hybridized carbons (Fsp3) is 0.778. The Kier molecular flexibility index (Phi) is 2.80. The highest BCUT2D eigenvalue weighted by Crippen LogP contribution is 2.27. The second kappa shape index (κ2) is 3.65. The summed E-state index contributed by atoms with van der Waals surface area (Å²) < 4.78 is 0. The maximum absolute atomic E-state index is 10.9. The normalized spacial score (nSPS) is 31.4.